The molecule has 0 atom stereocenters. The van der Waals surface area contributed by atoms with Crippen LogP contribution in [0.1, 0.15) is 0 Å². The number of nitrogens with zero attached hydrogens (tertiary/aromatic N) is 1. The Morgan fingerprint density at radius 1 is 1.83 bits per heavy atom. The Hall–Kier alpha value is -1.87. The first kappa shape index (κ1) is 8.23. The highest BCUT2D eigenvalue weighted by molar-refractivity contribution is 6.05. The van der Waals surface area contributed by atoms with Crippen molar-refractivity contribution in [3.05, 3.63) is 17.5 Å². The fourth-order valence-electron chi connectivity index (χ4n) is 0.591. The van der Waals surface area contributed by atoms with E-state index in [-0.39, 0.29) is 17.5 Å². The minimum atomic E-state index is -0.352. The largest absolute Gasteiger partial charge is 0.355 e. The SMILES string of the molecule is CNC(=O)C=C=C1N=CNC1=O. The second kappa shape index (κ2) is 3.50. The molecular formula is C7H7N3O2. The third-order valence-corrected chi connectivity index (χ3v) is 1.19. The minimum absolute atomic E-state index is 0.110. The van der Waals surface area contributed by atoms with Crippen LogP contribution in [-0.4, -0.2) is 25.2 Å². The number of rotatable bonds is 1. The van der Waals surface area contributed by atoms with Crippen molar-refractivity contribution < 1.29 is 9.59 Å². The molecule has 5 nitrogen and oxygen atoms in total. The van der Waals surface area contributed by atoms with Crippen molar-refractivity contribution in [2.75, 3.05) is 7.05 Å². The third-order valence-electron chi connectivity index (χ3n) is 1.19. The normalized spacial score (nSPS) is 13.8. The van der Waals surface area contributed by atoms with E-state index in [2.05, 4.69) is 21.4 Å². The number of likely N-dealkylation sites (N-methyl/N-ethyl adjacent to an activating group) is 1. The lowest BCUT2D eigenvalue weighted by Crippen LogP contribution is -2.15. The Morgan fingerprint density at radius 2 is 2.58 bits per heavy atom. The van der Waals surface area contributed by atoms with E-state index in [4.69, 9.17) is 0 Å². The molecule has 0 saturated heterocycles. The second-order valence-electron chi connectivity index (χ2n) is 1.98. The van der Waals surface area contributed by atoms with Gasteiger partial charge in [-0.2, -0.15) is 0 Å². The summed E-state index contributed by atoms with van der Waals surface area (Å²) in [6, 6.07) is 0. The lowest BCUT2D eigenvalue weighted by Gasteiger charge is -1.86. The van der Waals surface area contributed by atoms with E-state index >= 15 is 0 Å². The summed E-state index contributed by atoms with van der Waals surface area (Å²) in [6.45, 7) is 0. The summed E-state index contributed by atoms with van der Waals surface area (Å²) in [4.78, 5) is 25.1. The molecule has 0 aromatic carbocycles. The quantitative estimate of drug-likeness (QED) is 0.383. The highest BCUT2D eigenvalue weighted by Gasteiger charge is 2.10. The molecule has 1 rings (SSSR count). The zero-order chi connectivity index (χ0) is 8.97. The standard InChI is InChI=1S/C7H7N3O2/c1-8-6(11)3-2-5-7(12)10-4-9-5/h3-4H,1H3,(H,8,11)(H,9,10,12). The van der Waals surface area contributed by atoms with Crippen LogP contribution in [0.3, 0.4) is 0 Å². The van der Waals surface area contributed by atoms with Crippen LogP contribution in [0.5, 0.6) is 0 Å². The summed E-state index contributed by atoms with van der Waals surface area (Å²) < 4.78 is 0. The van der Waals surface area contributed by atoms with Gasteiger partial charge in [-0.3, -0.25) is 9.59 Å². The zero-order valence-corrected chi connectivity index (χ0v) is 6.42. The maximum absolute atomic E-state index is 10.8. The lowest BCUT2D eigenvalue weighted by molar-refractivity contribution is -0.116. The average Bonchev–Trinajstić information content (AvgIpc) is 2.47. The molecule has 12 heavy (non-hydrogen) atoms. The molecule has 1 aliphatic rings. The number of hydrogen-bond acceptors (Lipinski definition) is 3. The van der Waals surface area contributed by atoms with Crippen molar-refractivity contribution in [1.82, 2.24) is 10.6 Å². The molecule has 0 unspecified atom stereocenters. The van der Waals surface area contributed by atoms with Crippen molar-refractivity contribution in [2.45, 2.75) is 0 Å². The number of nitrogens with one attached hydrogen (secondary N) is 2. The highest BCUT2D eigenvalue weighted by Crippen LogP contribution is 1.96. The first-order valence-corrected chi connectivity index (χ1v) is 3.26. The maximum atomic E-state index is 10.8. The van der Waals surface area contributed by atoms with Crippen LogP contribution in [0, 0.1) is 0 Å². The molecule has 0 aromatic rings. The number of hydrogen-bond donors (Lipinski definition) is 2. The van der Waals surface area contributed by atoms with Crippen molar-refractivity contribution in [1.29, 1.82) is 0 Å². The number of aliphatic imine (C=N–C) groups is 1. The third kappa shape index (κ3) is 1.81. The van der Waals surface area contributed by atoms with E-state index in [0.29, 0.717) is 0 Å². The van der Waals surface area contributed by atoms with Crippen molar-refractivity contribution in [3.8, 4) is 0 Å². The fraction of sp³-hybridized carbons (Fsp3) is 0.143. The van der Waals surface area contributed by atoms with Crippen molar-refractivity contribution >= 4 is 18.2 Å². The molecule has 2 N–H and O–H groups in total. The first-order chi connectivity index (χ1) is 5.74. The molecule has 0 bridgehead atoms. The monoisotopic (exact) mass is 165 g/mol. The van der Waals surface area contributed by atoms with Crippen LogP contribution in [-0.2, 0) is 9.59 Å². The van der Waals surface area contributed by atoms with E-state index in [0.717, 1.165) is 6.08 Å². The van der Waals surface area contributed by atoms with Crippen LogP contribution in [0.25, 0.3) is 0 Å². The summed E-state index contributed by atoms with van der Waals surface area (Å²) >= 11 is 0. The first-order valence-electron chi connectivity index (χ1n) is 3.26. The van der Waals surface area contributed by atoms with Gasteiger partial charge in [0.25, 0.3) is 11.8 Å². The number of amides is 2. The van der Waals surface area contributed by atoms with E-state index in [1.54, 1.807) is 0 Å². The summed E-state index contributed by atoms with van der Waals surface area (Å²) in [5.41, 5.74) is 2.56. The molecule has 0 aliphatic carbocycles. The van der Waals surface area contributed by atoms with Gasteiger partial charge < -0.3 is 10.6 Å². The Kier molecular flexibility index (Phi) is 2.40. The molecule has 0 fully saturated rings. The second-order valence-corrected chi connectivity index (χ2v) is 1.98. The van der Waals surface area contributed by atoms with Crippen LogP contribution >= 0.6 is 0 Å². The molecule has 0 aromatic heterocycles. The predicted octanol–water partition coefficient (Wildman–Crippen LogP) is -1.07. The van der Waals surface area contributed by atoms with E-state index in [9.17, 15) is 9.59 Å². The van der Waals surface area contributed by atoms with E-state index in [1.165, 1.54) is 13.4 Å². The van der Waals surface area contributed by atoms with Gasteiger partial charge in [-0.05, 0) is 0 Å². The summed E-state index contributed by atoms with van der Waals surface area (Å²) in [7, 11) is 1.49. The summed E-state index contributed by atoms with van der Waals surface area (Å²) in [6.07, 6.45) is 2.37. The predicted molar refractivity (Wildman–Crippen MR) is 42.3 cm³/mol. The molecule has 2 amide bonds. The van der Waals surface area contributed by atoms with E-state index in [1.807, 2.05) is 0 Å². The van der Waals surface area contributed by atoms with Gasteiger partial charge in [-0.25, -0.2) is 4.99 Å². The van der Waals surface area contributed by atoms with Gasteiger partial charge in [0.1, 0.15) is 0 Å². The van der Waals surface area contributed by atoms with Gasteiger partial charge in [0.05, 0.1) is 6.34 Å². The van der Waals surface area contributed by atoms with Crippen LogP contribution in [0.15, 0.2) is 22.5 Å². The van der Waals surface area contributed by atoms with Crippen molar-refractivity contribution in [2.24, 2.45) is 4.99 Å². The van der Waals surface area contributed by atoms with Gasteiger partial charge in [-0.15, -0.1) is 0 Å². The van der Waals surface area contributed by atoms with Gasteiger partial charge in [0.2, 0.25) is 0 Å². The molecule has 0 radical (unpaired) electrons. The molecule has 5 heteroatoms. The highest BCUT2D eigenvalue weighted by atomic mass is 16.2. The van der Waals surface area contributed by atoms with Crippen LogP contribution in [0.4, 0.5) is 0 Å². The Balaban J connectivity index is 2.80. The minimum Gasteiger partial charge on any atom is -0.355 e. The van der Waals surface area contributed by atoms with Gasteiger partial charge in [0.15, 0.2) is 5.70 Å². The summed E-state index contributed by atoms with van der Waals surface area (Å²) in [5.74, 6) is -0.674. The topological polar surface area (TPSA) is 70.6 Å². The molecule has 0 spiro atoms. The molecular weight excluding hydrogens is 158 g/mol. The van der Waals surface area contributed by atoms with Crippen LogP contribution in [0.2, 0.25) is 0 Å². The van der Waals surface area contributed by atoms with Crippen LogP contribution < -0.4 is 10.6 Å². The number of carbonyl (C=O) groups is 2. The van der Waals surface area contributed by atoms with E-state index < -0.39 is 0 Å². The Morgan fingerprint density at radius 3 is 3.08 bits per heavy atom. The number of carbonyl (C=O) groups excluding carboxylic acids is 2. The maximum Gasteiger partial charge on any atom is 0.283 e. The van der Waals surface area contributed by atoms with Gasteiger partial charge in [-0.1, -0.05) is 5.73 Å². The fourth-order valence-corrected chi connectivity index (χ4v) is 0.591. The zero-order valence-electron chi connectivity index (χ0n) is 6.42. The van der Waals surface area contributed by atoms with Gasteiger partial charge >= 0.3 is 0 Å². The molecule has 1 heterocycles. The average molecular weight is 165 g/mol. The summed E-state index contributed by atoms with van der Waals surface area (Å²) in [5, 5.41) is 4.68. The van der Waals surface area contributed by atoms with Gasteiger partial charge in [0, 0.05) is 13.1 Å². The Bertz CT molecular complexity index is 311. The Labute approximate surface area is 68.9 Å². The van der Waals surface area contributed by atoms with Crippen molar-refractivity contribution in [3.63, 3.8) is 0 Å². The molecule has 1 aliphatic heterocycles. The lowest BCUT2D eigenvalue weighted by atomic mass is 10.4. The smallest absolute Gasteiger partial charge is 0.283 e. The molecule has 0 saturated carbocycles. The molecule has 62 valence electrons.